The zero-order chi connectivity index (χ0) is 13.4. The third kappa shape index (κ3) is 2.52. The molecule has 1 N–H and O–H groups in total. The zero-order valence-electron chi connectivity index (χ0n) is 11.8. The first-order chi connectivity index (χ1) is 9.16. The number of aromatic nitrogens is 2. The lowest BCUT2D eigenvalue weighted by Crippen LogP contribution is -2.26. The van der Waals surface area contributed by atoms with Crippen molar-refractivity contribution in [2.24, 2.45) is 0 Å². The van der Waals surface area contributed by atoms with E-state index in [-0.39, 0.29) is 5.91 Å². The van der Waals surface area contributed by atoms with Crippen LogP contribution in [0.3, 0.4) is 0 Å². The van der Waals surface area contributed by atoms with E-state index < -0.39 is 0 Å². The van der Waals surface area contributed by atoms with E-state index in [2.05, 4.69) is 9.88 Å². The van der Waals surface area contributed by atoms with Crippen molar-refractivity contribution in [3.63, 3.8) is 0 Å². The summed E-state index contributed by atoms with van der Waals surface area (Å²) in [6, 6.07) is 0. The molecule has 3 rings (SSSR count). The molecule has 0 aromatic carbocycles. The molecule has 2 aliphatic rings. The predicted octanol–water partition coefficient (Wildman–Crippen LogP) is 0.884. The molecular formula is C14H22N4O. The molecule has 1 aliphatic heterocycles. The smallest absolute Gasteiger partial charge is 0.223 e. The molecule has 0 saturated heterocycles. The summed E-state index contributed by atoms with van der Waals surface area (Å²) >= 11 is 0. The Hall–Kier alpha value is -1.36. The van der Waals surface area contributed by atoms with Crippen LogP contribution in [-0.2, 0) is 24.3 Å². The van der Waals surface area contributed by atoms with Gasteiger partial charge in [-0.2, -0.15) is 0 Å². The number of imidazole rings is 1. The maximum Gasteiger partial charge on any atom is 0.223 e. The largest absolute Gasteiger partial charge is 0.349 e. The van der Waals surface area contributed by atoms with Gasteiger partial charge in [0, 0.05) is 58.2 Å². The van der Waals surface area contributed by atoms with E-state index >= 15 is 0 Å². The second-order valence-electron chi connectivity index (χ2n) is 5.75. The van der Waals surface area contributed by atoms with Gasteiger partial charge in [0.2, 0.25) is 5.91 Å². The second-order valence-corrected chi connectivity index (χ2v) is 5.75. The first-order valence-electron chi connectivity index (χ1n) is 7.16. The lowest BCUT2D eigenvalue weighted by molar-refractivity contribution is -0.128. The average molecular weight is 262 g/mol. The number of nitrogens with one attached hydrogen (secondary N) is 1. The van der Waals surface area contributed by atoms with Gasteiger partial charge in [0.05, 0.1) is 5.69 Å². The van der Waals surface area contributed by atoms with Crippen molar-refractivity contribution < 1.29 is 4.79 Å². The Labute approximate surface area is 114 Å². The van der Waals surface area contributed by atoms with Crippen molar-refractivity contribution in [2.75, 3.05) is 20.6 Å². The van der Waals surface area contributed by atoms with E-state index in [0.29, 0.717) is 12.3 Å². The van der Waals surface area contributed by atoms with Gasteiger partial charge in [0.1, 0.15) is 5.82 Å². The molecule has 1 amide bonds. The molecule has 1 aliphatic carbocycles. The Morgan fingerprint density at radius 1 is 1.47 bits per heavy atom. The van der Waals surface area contributed by atoms with Crippen LogP contribution in [0.2, 0.25) is 0 Å². The molecule has 1 saturated carbocycles. The van der Waals surface area contributed by atoms with Crippen molar-refractivity contribution in [1.29, 1.82) is 0 Å². The summed E-state index contributed by atoms with van der Waals surface area (Å²) in [6.07, 6.45) is 4.12. The molecule has 5 nitrogen and oxygen atoms in total. The molecule has 0 bridgehead atoms. The van der Waals surface area contributed by atoms with Gasteiger partial charge in [-0.05, 0) is 12.8 Å². The molecule has 1 fully saturated rings. The van der Waals surface area contributed by atoms with Crippen LogP contribution < -0.4 is 5.32 Å². The van der Waals surface area contributed by atoms with Crippen LogP contribution in [0.5, 0.6) is 0 Å². The summed E-state index contributed by atoms with van der Waals surface area (Å²) in [7, 11) is 3.63. The fourth-order valence-corrected chi connectivity index (χ4v) is 2.73. The normalized spacial score (nSPS) is 18.2. The monoisotopic (exact) mass is 262 g/mol. The number of amides is 1. The van der Waals surface area contributed by atoms with E-state index in [0.717, 1.165) is 26.1 Å². The van der Waals surface area contributed by atoms with Gasteiger partial charge in [0.15, 0.2) is 0 Å². The van der Waals surface area contributed by atoms with Gasteiger partial charge in [-0.3, -0.25) is 4.79 Å². The highest BCUT2D eigenvalue weighted by molar-refractivity contribution is 5.75. The number of hydrogen-bond acceptors (Lipinski definition) is 3. The quantitative estimate of drug-likeness (QED) is 0.876. The standard InChI is InChI=1S/C14H22N4O/c1-17(2)13(19)6-8-18-12-5-7-15-9-11(12)16-14(18)10-3-4-10/h10,15H,3-9H2,1-2H3. The molecule has 1 aromatic heterocycles. The van der Waals surface area contributed by atoms with Crippen molar-refractivity contribution >= 4 is 5.91 Å². The molecule has 0 spiro atoms. The van der Waals surface area contributed by atoms with Crippen LogP contribution in [0.15, 0.2) is 0 Å². The van der Waals surface area contributed by atoms with E-state index in [1.165, 1.54) is 30.1 Å². The van der Waals surface area contributed by atoms with Gasteiger partial charge in [-0.15, -0.1) is 0 Å². The van der Waals surface area contributed by atoms with Crippen LogP contribution in [0, 0.1) is 0 Å². The van der Waals surface area contributed by atoms with Crippen LogP contribution in [0.4, 0.5) is 0 Å². The van der Waals surface area contributed by atoms with E-state index in [4.69, 9.17) is 4.98 Å². The van der Waals surface area contributed by atoms with Gasteiger partial charge < -0.3 is 14.8 Å². The molecule has 104 valence electrons. The lowest BCUT2D eigenvalue weighted by Gasteiger charge is -2.17. The van der Waals surface area contributed by atoms with E-state index in [1.54, 1.807) is 4.90 Å². The van der Waals surface area contributed by atoms with Gasteiger partial charge in [-0.1, -0.05) is 0 Å². The topological polar surface area (TPSA) is 50.2 Å². The van der Waals surface area contributed by atoms with Crippen LogP contribution in [0.25, 0.3) is 0 Å². The molecule has 19 heavy (non-hydrogen) atoms. The number of rotatable bonds is 4. The minimum Gasteiger partial charge on any atom is -0.349 e. The van der Waals surface area contributed by atoms with Gasteiger partial charge >= 0.3 is 0 Å². The number of hydrogen-bond donors (Lipinski definition) is 1. The predicted molar refractivity (Wildman–Crippen MR) is 72.9 cm³/mol. The Balaban J connectivity index is 1.81. The average Bonchev–Trinajstić information content (AvgIpc) is 3.18. The molecular weight excluding hydrogens is 240 g/mol. The van der Waals surface area contributed by atoms with Crippen LogP contribution in [0.1, 0.15) is 42.4 Å². The lowest BCUT2D eigenvalue weighted by atomic mass is 10.2. The maximum atomic E-state index is 11.8. The maximum absolute atomic E-state index is 11.8. The Morgan fingerprint density at radius 3 is 2.95 bits per heavy atom. The summed E-state index contributed by atoms with van der Waals surface area (Å²) < 4.78 is 2.33. The van der Waals surface area contributed by atoms with E-state index in [1.807, 2.05) is 14.1 Å². The molecule has 5 heteroatoms. The minimum absolute atomic E-state index is 0.193. The number of nitrogens with zero attached hydrogens (tertiary/aromatic N) is 3. The Bertz CT molecular complexity index is 488. The molecule has 0 radical (unpaired) electrons. The first kappa shape index (κ1) is 12.7. The van der Waals surface area contributed by atoms with Crippen molar-refractivity contribution in [2.45, 2.75) is 44.7 Å². The summed E-state index contributed by atoms with van der Waals surface area (Å²) in [5, 5.41) is 3.37. The number of fused-ring (bicyclic) bond motifs is 1. The third-order valence-corrected chi connectivity index (χ3v) is 4.01. The summed E-state index contributed by atoms with van der Waals surface area (Å²) in [5.41, 5.74) is 2.55. The summed E-state index contributed by atoms with van der Waals surface area (Å²) in [5.74, 6) is 2.05. The highest BCUT2D eigenvalue weighted by Crippen LogP contribution is 2.40. The van der Waals surface area contributed by atoms with Gasteiger partial charge in [0.25, 0.3) is 0 Å². The highest BCUT2D eigenvalue weighted by Gasteiger charge is 2.31. The number of carbonyl (C=O) groups excluding carboxylic acids is 1. The van der Waals surface area contributed by atoms with Crippen molar-refractivity contribution in [3.05, 3.63) is 17.2 Å². The van der Waals surface area contributed by atoms with Crippen molar-refractivity contribution in [3.8, 4) is 0 Å². The highest BCUT2D eigenvalue weighted by atomic mass is 16.2. The minimum atomic E-state index is 0.193. The molecule has 2 heterocycles. The van der Waals surface area contributed by atoms with Crippen molar-refractivity contribution in [1.82, 2.24) is 19.8 Å². The SMILES string of the molecule is CN(C)C(=O)CCn1c(C2CC2)nc2c1CCNC2. The fourth-order valence-electron chi connectivity index (χ4n) is 2.73. The Morgan fingerprint density at radius 2 is 2.26 bits per heavy atom. The number of carbonyl (C=O) groups is 1. The van der Waals surface area contributed by atoms with Crippen LogP contribution >= 0.6 is 0 Å². The zero-order valence-corrected chi connectivity index (χ0v) is 11.8. The Kier molecular flexibility index (Phi) is 3.31. The summed E-state index contributed by atoms with van der Waals surface area (Å²) in [4.78, 5) is 18.3. The molecule has 1 aromatic rings. The summed E-state index contributed by atoms with van der Waals surface area (Å²) in [6.45, 7) is 2.68. The van der Waals surface area contributed by atoms with Crippen LogP contribution in [-0.4, -0.2) is 41.0 Å². The molecule has 0 atom stereocenters. The first-order valence-corrected chi connectivity index (χ1v) is 7.16. The fraction of sp³-hybridized carbons (Fsp3) is 0.714. The van der Waals surface area contributed by atoms with Gasteiger partial charge in [-0.25, -0.2) is 4.98 Å². The third-order valence-electron chi connectivity index (χ3n) is 4.01. The second kappa shape index (κ2) is 4.96. The molecule has 0 unspecified atom stereocenters. The van der Waals surface area contributed by atoms with E-state index in [9.17, 15) is 4.79 Å².